The summed E-state index contributed by atoms with van der Waals surface area (Å²) in [5.74, 6) is 0.720. The molecule has 1 aliphatic rings. The number of hydrogen-bond donors (Lipinski definition) is 0. The van der Waals surface area contributed by atoms with Crippen molar-refractivity contribution in [1.82, 2.24) is 9.55 Å². The number of rotatable bonds is 0. The molecule has 2 aromatic carbocycles. The van der Waals surface area contributed by atoms with Crippen LogP contribution in [0.15, 0.2) is 47.3 Å². The molecule has 0 fully saturated rings. The highest BCUT2D eigenvalue weighted by molar-refractivity contribution is 6.35. The van der Waals surface area contributed by atoms with Crippen molar-refractivity contribution in [3.05, 3.63) is 63.4 Å². The molecule has 1 aliphatic heterocycles. The summed E-state index contributed by atoms with van der Waals surface area (Å²) in [6.07, 6.45) is 0.858. The smallest absolute Gasteiger partial charge is 0.261 e. The number of para-hydroxylation sites is 1. The van der Waals surface area contributed by atoms with Crippen LogP contribution in [0.3, 0.4) is 0 Å². The zero-order valence-corrected chi connectivity index (χ0v) is 11.4. The molecule has 0 N–H and O–H groups in total. The maximum atomic E-state index is 12.6. The van der Waals surface area contributed by atoms with Gasteiger partial charge in [0, 0.05) is 12.1 Å². The fourth-order valence-corrected chi connectivity index (χ4v) is 3.03. The van der Waals surface area contributed by atoms with E-state index in [0.717, 1.165) is 17.8 Å². The molecular weight excluding hydrogens is 272 g/mol. The van der Waals surface area contributed by atoms with E-state index in [4.69, 9.17) is 11.6 Å². The summed E-state index contributed by atoms with van der Waals surface area (Å²) in [4.78, 5) is 17.2. The van der Waals surface area contributed by atoms with Gasteiger partial charge in [-0.05, 0) is 24.1 Å². The minimum atomic E-state index is -0.0120. The maximum absolute atomic E-state index is 12.6. The first-order valence-corrected chi connectivity index (χ1v) is 6.91. The molecule has 0 unspecified atom stereocenters. The third kappa shape index (κ3) is 1.53. The Morgan fingerprint density at radius 1 is 1.10 bits per heavy atom. The first kappa shape index (κ1) is 11.7. The van der Waals surface area contributed by atoms with Crippen LogP contribution in [0.1, 0.15) is 5.56 Å². The Hall–Kier alpha value is -2.13. The van der Waals surface area contributed by atoms with E-state index in [-0.39, 0.29) is 5.56 Å². The zero-order valence-electron chi connectivity index (χ0n) is 10.6. The lowest BCUT2D eigenvalue weighted by Crippen LogP contribution is -2.27. The molecule has 3 nitrogen and oxygen atoms in total. The number of halogens is 1. The summed E-state index contributed by atoms with van der Waals surface area (Å²) in [6.45, 7) is 0.667. The quantitative estimate of drug-likeness (QED) is 0.634. The van der Waals surface area contributed by atoms with E-state index in [2.05, 4.69) is 11.1 Å². The van der Waals surface area contributed by atoms with Crippen molar-refractivity contribution in [2.75, 3.05) is 0 Å². The minimum Gasteiger partial charge on any atom is -0.292 e. The number of fused-ring (bicyclic) bond motifs is 4. The lowest BCUT2D eigenvalue weighted by Gasteiger charge is -2.21. The molecule has 0 saturated heterocycles. The van der Waals surface area contributed by atoms with Gasteiger partial charge in [-0.2, -0.15) is 0 Å². The second-order valence-electron chi connectivity index (χ2n) is 4.94. The lowest BCUT2D eigenvalue weighted by molar-refractivity contribution is 0.652. The van der Waals surface area contributed by atoms with Crippen LogP contribution in [0.4, 0.5) is 0 Å². The monoisotopic (exact) mass is 282 g/mol. The van der Waals surface area contributed by atoms with Gasteiger partial charge < -0.3 is 0 Å². The summed E-state index contributed by atoms with van der Waals surface area (Å²) >= 11 is 6.19. The van der Waals surface area contributed by atoms with Crippen molar-refractivity contribution in [2.45, 2.75) is 13.0 Å². The second-order valence-corrected chi connectivity index (χ2v) is 5.34. The third-order valence-corrected chi connectivity index (χ3v) is 4.10. The Morgan fingerprint density at radius 2 is 1.95 bits per heavy atom. The molecule has 0 radical (unpaired) electrons. The van der Waals surface area contributed by atoms with E-state index in [1.165, 1.54) is 5.56 Å². The molecule has 3 aromatic rings. The van der Waals surface area contributed by atoms with Gasteiger partial charge in [0.25, 0.3) is 5.56 Å². The van der Waals surface area contributed by atoms with Gasteiger partial charge in [0.1, 0.15) is 5.82 Å². The summed E-state index contributed by atoms with van der Waals surface area (Å²) in [7, 11) is 0. The van der Waals surface area contributed by atoms with Gasteiger partial charge in [-0.3, -0.25) is 9.36 Å². The van der Waals surface area contributed by atoms with Gasteiger partial charge in [0.05, 0.1) is 15.9 Å². The molecule has 0 amide bonds. The van der Waals surface area contributed by atoms with E-state index in [9.17, 15) is 4.79 Å². The van der Waals surface area contributed by atoms with Gasteiger partial charge in [0.2, 0.25) is 0 Å². The number of aryl methyl sites for hydroxylation is 1. The van der Waals surface area contributed by atoms with Crippen molar-refractivity contribution in [3.63, 3.8) is 0 Å². The van der Waals surface area contributed by atoms with Gasteiger partial charge in [0.15, 0.2) is 0 Å². The van der Waals surface area contributed by atoms with Gasteiger partial charge >= 0.3 is 0 Å². The zero-order chi connectivity index (χ0) is 13.7. The largest absolute Gasteiger partial charge is 0.292 e. The lowest BCUT2D eigenvalue weighted by atomic mass is 10.00. The highest BCUT2D eigenvalue weighted by atomic mass is 35.5. The predicted molar refractivity (Wildman–Crippen MR) is 80.2 cm³/mol. The summed E-state index contributed by atoms with van der Waals surface area (Å²) in [5, 5.41) is 1.10. The first-order chi connectivity index (χ1) is 9.75. The third-order valence-electron chi connectivity index (χ3n) is 3.80. The van der Waals surface area contributed by atoms with Crippen LogP contribution in [0.2, 0.25) is 5.02 Å². The van der Waals surface area contributed by atoms with E-state index in [1.807, 2.05) is 18.2 Å². The molecule has 0 bridgehead atoms. The molecule has 0 aliphatic carbocycles. The molecule has 0 spiro atoms. The van der Waals surface area contributed by atoms with Crippen molar-refractivity contribution < 1.29 is 0 Å². The van der Waals surface area contributed by atoms with Gasteiger partial charge in [-0.1, -0.05) is 41.9 Å². The molecule has 2 heterocycles. The summed E-state index contributed by atoms with van der Waals surface area (Å²) in [6, 6.07) is 13.4. The van der Waals surface area contributed by atoms with Gasteiger partial charge in [-0.25, -0.2) is 4.98 Å². The fraction of sp³-hybridized carbons (Fsp3) is 0.125. The molecule has 1 aromatic heterocycles. The fourth-order valence-electron chi connectivity index (χ4n) is 2.81. The number of nitrogens with zero attached hydrogens (tertiary/aromatic N) is 2. The van der Waals surface area contributed by atoms with Crippen molar-refractivity contribution in [1.29, 1.82) is 0 Å². The molecule has 98 valence electrons. The topological polar surface area (TPSA) is 34.9 Å². The first-order valence-electron chi connectivity index (χ1n) is 6.53. The Labute approximate surface area is 120 Å². The van der Waals surface area contributed by atoms with Crippen LogP contribution in [0.5, 0.6) is 0 Å². The average Bonchev–Trinajstić information content (AvgIpc) is 2.48. The van der Waals surface area contributed by atoms with Crippen LogP contribution in [-0.2, 0) is 13.0 Å². The van der Waals surface area contributed by atoms with Crippen molar-refractivity contribution >= 4 is 22.5 Å². The van der Waals surface area contributed by atoms with Crippen LogP contribution in [0, 0.1) is 0 Å². The predicted octanol–water partition coefficient (Wildman–Crippen LogP) is 3.27. The van der Waals surface area contributed by atoms with Crippen LogP contribution in [0.25, 0.3) is 22.3 Å². The van der Waals surface area contributed by atoms with Crippen LogP contribution < -0.4 is 5.56 Å². The Morgan fingerprint density at radius 3 is 2.85 bits per heavy atom. The Bertz CT molecular complexity index is 899. The Balaban J connectivity index is 2.16. The molecule has 4 heteroatoms. The standard InChI is InChI=1S/C16H11ClN2O/c17-13-7-3-6-12-14(13)18-15-11-5-2-1-4-10(11)8-9-19(15)16(12)20/h1-7H,8-9H2. The van der Waals surface area contributed by atoms with Crippen LogP contribution in [-0.4, -0.2) is 9.55 Å². The molecule has 20 heavy (non-hydrogen) atoms. The molecule has 4 rings (SSSR count). The second kappa shape index (κ2) is 4.18. The maximum Gasteiger partial charge on any atom is 0.261 e. The Kier molecular flexibility index (Phi) is 2.44. The molecule has 0 atom stereocenters. The number of benzene rings is 2. The summed E-state index contributed by atoms with van der Waals surface area (Å²) < 4.78 is 1.75. The van der Waals surface area contributed by atoms with Crippen molar-refractivity contribution in [2.24, 2.45) is 0 Å². The highest BCUT2D eigenvalue weighted by Crippen LogP contribution is 2.29. The number of hydrogen-bond acceptors (Lipinski definition) is 2. The average molecular weight is 283 g/mol. The van der Waals surface area contributed by atoms with E-state index in [1.54, 1.807) is 22.8 Å². The summed E-state index contributed by atoms with van der Waals surface area (Å²) in [5.41, 5.74) is 2.83. The number of aromatic nitrogens is 2. The van der Waals surface area contributed by atoms with Crippen molar-refractivity contribution in [3.8, 4) is 11.4 Å². The molecular formula is C16H11ClN2O. The minimum absolute atomic E-state index is 0.0120. The van der Waals surface area contributed by atoms with E-state index in [0.29, 0.717) is 22.5 Å². The van der Waals surface area contributed by atoms with Gasteiger partial charge in [-0.15, -0.1) is 0 Å². The van der Waals surface area contributed by atoms with E-state index >= 15 is 0 Å². The van der Waals surface area contributed by atoms with Crippen LogP contribution >= 0.6 is 11.6 Å². The van der Waals surface area contributed by atoms with E-state index < -0.39 is 0 Å². The molecule has 0 saturated carbocycles. The normalized spacial score (nSPS) is 13.1. The highest BCUT2D eigenvalue weighted by Gasteiger charge is 2.20. The SMILES string of the molecule is O=c1c2cccc(Cl)c2nc2n1CCc1ccccc1-2.